The van der Waals surface area contributed by atoms with Gasteiger partial charge in [-0.25, -0.2) is 9.59 Å². The summed E-state index contributed by atoms with van der Waals surface area (Å²) in [6.45, 7) is 17.8. The van der Waals surface area contributed by atoms with Crippen LogP contribution in [0.25, 0.3) is 0 Å². The van der Waals surface area contributed by atoms with Gasteiger partial charge in [-0.3, -0.25) is 9.59 Å². The molecule has 0 saturated carbocycles. The second-order valence-corrected chi connectivity index (χ2v) is 12.9. The van der Waals surface area contributed by atoms with Crippen molar-refractivity contribution in [2.75, 3.05) is 0 Å². The van der Waals surface area contributed by atoms with Crippen molar-refractivity contribution in [3.63, 3.8) is 0 Å². The minimum Gasteiger partial charge on any atom is -0.444 e. The fourth-order valence-corrected chi connectivity index (χ4v) is 3.81. The number of ether oxygens (including phenoxy) is 3. The Hall–Kier alpha value is -3.81. The summed E-state index contributed by atoms with van der Waals surface area (Å²) >= 11 is 0. The number of nitriles is 1. The number of benzene rings is 1. The Labute approximate surface area is 250 Å². The van der Waals surface area contributed by atoms with E-state index in [2.05, 4.69) is 22.0 Å². The molecule has 0 aliphatic heterocycles. The molecule has 42 heavy (non-hydrogen) atoms. The summed E-state index contributed by atoms with van der Waals surface area (Å²) in [5.41, 5.74) is -0.770. The molecule has 0 fully saturated rings. The number of nitrogens with zero attached hydrogens (tertiary/aromatic N) is 1. The van der Waals surface area contributed by atoms with E-state index >= 15 is 0 Å². The van der Waals surface area contributed by atoms with Crippen LogP contribution >= 0.6 is 0 Å². The minimum absolute atomic E-state index is 0.0557. The summed E-state index contributed by atoms with van der Waals surface area (Å²) in [6, 6.07) is 6.37. The molecule has 11 heteroatoms. The van der Waals surface area contributed by atoms with Gasteiger partial charge in [-0.05, 0) is 77.5 Å². The first-order valence-corrected chi connectivity index (χ1v) is 14.3. The first kappa shape index (κ1) is 36.2. The summed E-state index contributed by atoms with van der Waals surface area (Å²) in [5.74, 6) is -0.951. The minimum atomic E-state index is -1.000. The van der Waals surface area contributed by atoms with E-state index in [0.717, 1.165) is 0 Å². The molecule has 0 aliphatic carbocycles. The van der Waals surface area contributed by atoms with Gasteiger partial charge in [0, 0.05) is 18.9 Å². The van der Waals surface area contributed by atoms with Gasteiger partial charge in [-0.1, -0.05) is 39.8 Å². The summed E-state index contributed by atoms with van der Waals surface area (Å²) < 4.78 is 15.7. The molecule has 0 heterocycles. The van der Waals surface area contributed by atoms with Crippen LogP contribution in [-0.4, -0.2) is 53.4 Å². The van der Waals surface area contributed by atoms with E-state index in [1.807, 2.05) is 13.8 Å². The number of hydrogen-bond donors (Lipinski definition) is 3. The Morgan fingerprint density at radius 1 is 0.810 bits per heavy atom. The number of hydrogen-bond acceptors (Lipinski definition) is 8. The van der Waals surface area contributed by atoms with E-state index in [1.54, 1.807) is 79.7 Å². The van der Waals surface area contributed by atoms with Crippen molar-refractivity contribution in [2.24, 2.45) is 11.8 Å². The lowest BCUT2D eigenvalue weighted by Gasteiger charge is -2.28. The van der Waals surface area contributed by atoms with Gasteiger partial charge in [0.15, 0.2) is 0 Å². The van der Waals surface area contributed by atoms with Crippen molar-refractivity contribution in [1.29, 1.82) is 5.26 Å². The molecule has 0 radical (unpaired) electrons. The van der Waals surface area contributed by atoms with Crippen LogP contribution in [0.4, 0.5) is 9.59 Å². The van der Waals surface area contributed by atoms with E-state index in [0.29, 0.717) is 12.0 Å². The Morgan fingerprint density at radius 3 is 1.86 bits per heavy atom. The molecular formula is C31H48N4O7. The van der Waals surface area contributed by atoms with Crippen LogP contribution in [0.5, 0.6) is 5.75 Å². The van der Waals surface area contributed by atoms with Crippen molar-refractivity contribution in [3.05, 3.63) is 29.8 Å². The average molecular weight is 589 g/mol. The molecular weight excluding hydrogens is 540 g/mol. The zero-order valence-corrected chi connectivity index (χ0v) is 26.6. The van der Waals surface area contributed by atoms with Crippen LogP contribution in [0, 0.1) is 23.2 Å². The van der Waals surface area contributed by atoms with E-state index < -0.39 is 47.3 Å². The molecule has 0 aromatic heterocycles. The van der Waals surface area contributed by atoms with Gasteiger partial charge >= 0.3 is 12.2 Å². The van der Waals surface area contributed by atoms with Gasteiger partial charge in [0.25, 0.3) is 0 Å². The first-order valence-electron chi connectivity index (χ1n) is 14.3. The van der Waals surface area contributed by atoms with Crippen molar-refractivity contribution in [1.82, 2.24) is 16.0 Å². The van der Waals surface area contributed by atoms with Crippen molar-refractivity contribution in [3.8, 4) is 11.8 Å². The number of alkyl carbamates (subject to hydrolysis) is 1. The zero-order valence-electron chi connectivity index (χ0n) is 26.6. The molecule has 1 aromatic carbocycles. The van der Waals surface area contributed by atoms with Crippen LogP contribution in [-0.2, 0) is 25.5 Å². The summed E-state index contributed by atoms with van der Waals surface area (Å²) in [4.78, 5) is 51.3. The third-order valence-corrected chi connectivity index (χ3v) is 5.91. The topological polar surface area (TPSA) is 156 Å². The molecule has 3 N–H and O–H groups in total. The van der Waals surface area contributed by atoms with Crippen LogP contribution in [0.15, 0.2) is 24.3 Å². The fraction of sp³-hybridized carbons (Fsp3) is 0.645. The first-order chi connectivity index (χ1) is 19.3. The lowest BCUT2D eigenvalue weighted by molar-refractivity contribution is -0.131. The maximum atomic E-state index is 13.5. The Kier molecular flexibility index (Phi) is 13.8. The standard InChI is InChI=1S/C31H48N4O7/c1-19(2)23(12-11-17-32)33-26(36)24(34-27(37)25(20(3)4)35-28(38)41-30(5,6)7)18-21-13-15-22(16-14-21)40-29(39)42-31(8,9)10/h13-16,19-20,23-25H,11-12,18H2,1-10H3,(H,33,36)(H,34,37)(H,35,38)/t23?,24-,25-/m0/s1. The van der Waals surface area contributed by atoms with E-state index in [9.17, 15) is 19.2 Å². The summed E-state index contributed by atoms with van der Waals surface area (Å²) in [7, 11) is 0. The maximum absolute atomic E-state index is 13.5. The largest absolute Gasteiger partial charge is 0.514 e. The molecule has 1 unspecified atom stereocenters. The van der Waals surface area contributed by atoms with Gasteiger partial charge < -0.3 is 30.2 Å². The highest BCUT2D eigenvalue weighted by molar-refractivity contribution is 5.91. The molecule has 234 valence electrons. The highest BCUT2D eigenvalue weighted by atomic mass is 16.7. The van der Waals surface area contributed by atoms with Gasteiger partial charge in [-0.2, -0.15) is 5.26 Å². The van der Waals surface area contributed by atoms with Crippen LogP contribution in [0.3, 0.4) is 0 Å². The van der Waals surface area contributed by atoms with Gasteiger partial charge in [0.2, 0.25) is 11.8 Å². The molecule has 0 aliphatic rings. The van der Waals surface area contributed by atoms with Gasteiger partial charge in [0.1, 0.15) is 29.0 Å². The Bertz CT molecular complexity index is 1100. The lowest BCUT2D eigenvalue weighted by atomic mass is 9.97. The number of carbonyl (C=O) groups is 4. The zero-order chi connectivity index (χ0) is 32.3. The molecule has 3 amide bonds. The normalized spacial score (nSPS) is 13.8. The third-order valence-electron chi connectivity index (χ3n) is 5.91. The quantitative estimate of drug-likeness (QED) is 0.227. The highest BCUT2D eigenvalue weighted by Gasteiger charge is 2.31. The lowest BCUT2D eigenvalue weighted by Crippen LogP contribution is -2.57. The van der Waals surface area contributed by atoms with Crippen LogP contribution < -0.4 is 20.7 Å². The van der Waals surface area contributed by atoms with E-state index in [-0.39, 0.29) is 36.5 Å². The fourth-order valence-electron chi connectivity index (χ4n) is 3.81. The maximum Gasteiger partial charge on any atom is 0.514 e. The predicted molar refractivity (Wildman–Crippen MR) is 159 cm³/mol. The summed E-state index contributed by atoms with van der Waals surface area (Å²) in [5, 5.41) is 17.4. The van der Waals surface area contributed by atoms with Crippen LogP contribution in [0.2, 0.25) is 0 Å². The number of rotatable bonds is 12. The molecule has 0 spiro atoms. The molecule has 0 bridgehead atoms. The monoisotopic (exact) mass is 588 g/mol. The molecule has 1 rings (SSSR count). The third kappa shape index (κ3) is 14.2. The average Bonchev–Trinajstić information content (AvgIpc) is 2.82. The van der Waals surface area contributed by atoms with E-state index in [1.165, 1.54) is 0 Å². The molecule has 11 nitrogen and oxygen atoms in total. The summed E-state index contributed by atoms with van der Waals surface area (Å²) in [6.07, 6.45) is -0.728. The van der Waals surface area contributed by atoms with Crippen molar-refractivity contribution in [2.45, 2.75) is 118 Å². The van der Waals surface area contributed by atoms with E-state index in [4.69, 9.17) is 19.5 Å². The molecule has 3 atom stereocenters. The SMILES string of the molecule is CC(C)C(CCC#N)NC(=O)[C@H](Cc1ccc(OC(=O)OC(C)(C)C)cc1)NC(=O)[C@@H](NC(=O)OC(C)(C)C)C(C)C. The molecule has 1 aromatic rings. The van der Waals surface area contributed by atoms with Crippen molar-refractivity contribution >= 4 is 24.1 Å². The molecule has 0 saturated heterocycles. The van der Waals surface area contributed by atoms with Crippen LogP contribution in [0.1, 0.15) is 87.6 Å². The van der Waals surface area contributed by atoms with Gasteiger partial charge in [-0.15, -0.1) is 0 Å². The number of carbonyl (C=O) groups excluding carboxylic acids is 4. The Balaban J connectivity index is 3.18. The highest BCUT2D eigenvalue weighted by Crippen LogP contribution is 2.17. The van der Waals surface area contributed by atoms with Crippen molar-refractivity contribution < 1.29 is 33.4 Å². The van der Waals surface area contributed by atoms with Gasteiger partial charge in [0.05, 0.1) is 6.07 Å². The second kappa shape index (κ2) is 16.0. The number of amides is 3. The smallest absolute Gasteiger partial charge is 0.444 e. The Morgan fingerprint density at radius 2 is 1.38 bits per heavy atom. The number of nitrogens with one attached hydrogen (secondary N) is 3. The predicted octanol–water partition coefficient (Wildman–Crippen LogP) is 5.02. The second-order valence-electron chi connectivity index (χ2n) is 12.9.